The molecule has 0 aliphatic carbocycles. The van der Waals surface area contributed by atoms with Crippen molar-refractivity contribution >= 4 is 26.7 Å². The van der Waals surface area contributed by atoms with Gasteiger partial charge in [0, 0.05) is 51.9 Å². The first-order chi connectivity index (χ1) is 12.7. The third kappa shape index (κ3) is 3.88. The number of para-hydroxylation sites is 1. The molecule has 1 aromatic heterocycles. The van der Waals surface area contributed by atoms with Crippen molar-refractivity contribution < 1.29 is 5.11 Å². The average Bonchev–Trinajstić information content (AvgIpc) is 3.11. The highest BCUT2D eigenvalue weighted by molar-refractivity contribution is 7.22. The Hall–Kier alpha value is -1.21. The number of piperazine rings is 1. The van der Waals surface area contributed by atoms with Crippen LogP contribution in [0.25, 0.3) is 10.2 Å². The number of hydrogen-bond donors (Lipinski definition) is 1. The molecule has 2 fully saturated rings. The Bertz CT molecular complexity index is 680. The molecule has 0 saturated carbocycles. The number of likely N-dealkylation sites (N-methyl/N-ethyl adjacent to an activating group) is 1. The van der Waals surface area contributed by atoms with Gasteiger partial charge >= 0.3 is 0 Å². The molecule has 0 unspecified atom stereocenters. The van der Waals surface area contributed by atoms with Gasteiger partial charge in [-0.15, -0.1) is 0 Å². The normalized spacial score (nSPS) is 25.8. The zero-order valence-electron chi connectivity index (χ0n) is 15.7. The fraction of sp³-hybridized carbons (Fsp3) is 0.650. The standard InChI is InChI=1S/C20H30N4OS/c1-22-10-12-23(13-11-22)18-8-9-24(15-16(18)5-4-14-25)20-21-17-6-2-3-7-19(17)26-20/h2-3,6-7,16,18,25H,4-5,8-15H2,1H3/t16-,18+/m0/s1. The summed E-state index contributed by atoms with van der Waals surface area (Å²) in [4.78, 5) is 12.5. The van der Waals surface area contributed by atoms with Gasteiger partial charge in [0.25, 0.3) is 0 Å². The Morgan fingerprint density at radius 3 is 2.73 bits per heavy atom. The van der Waals surface area contributed by atoms with E-state index in [2.05, 4.69) is 46.0 Å². The van der Waals surface area contributed by atoms with Crippen molar-refractivity contribution in [3.8, 4) is 0 Å². The minimum Gasteiger partial charge on any atom is -0.396 e. The van der Waals surface area contributed by atoms with Gasteiger partial charge in [0.2, 0.25) is 0 Å². The fourth-order valence-electron chi connectivity index (χ4n) is 4.46. The molecule has 6 heteroatoms. The van der Waals surface area contributed by atoms with Crippen LogP contribution >= 0.6 is 11.3 Å². The number of rotatable bonds is 5. The molecule has 2 saturated heterocycles. The maximum absolute atomic E-state index is 9.36. The van der Waals surface area contributed by atoms with E-state index in [0.717, 1.165) is 36.6 Å². The second kappa shape index (κ2) is 8.21. The van der Waals surface area contributed by atoms with Crippen LogP contribution in [0.1, 0.15) is 19.3 Å². The van der Waals surface area contributed by atoms with Gasteiger partial charge in [0.05, 0.1) is 10.2 Å². The Balaban J connectivity index is 1.48. The van der Waals surface area contributed by atoms with Gasteiger partial charge in [0.15, 0.2) is 5.13 Å². The van der Waals surface area contributed by atoms with Crippen molar-refractivity contribution in [3.05, 3.63) is 24.3 Å². The molecule has 2 atom stereocenters. The summed E-state index contributed by atoms with van der Waals surface area (Å²) < 4.78 is 1.27. The summed E-state index contributed by atoms with van der Waals surface area (Å²) >= 11 is 1.81. The number of nitrogens with zero attached hydrogens (tertiary/aromatic N) is 4. The largest absolute Gasteiger partial charge is 0.396 e. The molecule has 26 heavy (non-hydrogen) atoms. The molecular formula is C20H30N4OS. The highest BCUT2D eigenvalue weighted by Crippen LogP contribution is 2.34. The molecule has 0 radical (unpaired) electrons. The van der Waals surface area contributed by atoms with Crippen LogP contribution in [0.5, 0.6) is 0 Å². The molecular weight excluding hydrogens is 344 g/mol. The molecule has 142 valence electrons. The topological polar surface area (TPSA) is 42.8 Å². The first-order valence-electron chi connectivity index (χ1n) is 9.88. The Morgan fingerprint density at radius 1 is 1.15 bits per heavy atom. The fourth-order valence-corrected chi connectivity index (χ4v) is 5.46. The molecule has 2 aliphatic heterocycles. The van der Waals surface area contributed by atoms with Crippen molar-refractivity contribution in [2.75, 3.05) is 57.8 Å². The highest BCUT2D eigenvalue weighted by Gasteiger charge is 2.34. The summed E-state index contributed by atoms with van der Waals surface area (Å²) in [6, 6.07) is 9.08. The molecule has 0 spiro atoms. The molecule has 0 bridgehead atoms. The lowest BCUT2D eigenvalue weighted by molar-refractivity contribution is 0.0638. The van der Waals surface area contributed by atoms with E-state index in [1.807, 2.05) is 11.3 Å². The van der Waals surface area contributed by atoms with Crippen LogP contribution < -0.4 is 4.90 Å². The van der Waals surface area contributed by atoms with Gasteiger partial charge in [-0.1, -0.05) is 23.5 Å². The van der Waals surface area contributed by atoms with Crippen molar-refractivity contribution in [2.24, 2.45) is 5.92 Å². The zero-order valence-corrected chi connectivity index (χ0v) is 16.5. The minimum atomic E-state index is 0.299. The van der Waals surface area contributed by atoms with E-state index in [4.69, 9.17) is 4.98 Å². The molecule has 3 heterocycles. The third-order valence-electron chi connectivity index (χ3n) is 5.99. The van der Waals surface area contributed by atoms with E-state index in [0.29, 0.717) is 18.6 Å². The molecule has 1 N–H and O–H groups in total. The van der Waals surface area contributed by atoms with Gasteiger partial charge in [-0.3, -0.25) is 4.90 Å². The molecule has 5 nitrogen and oxygen atoms in total. The Labute approximate surface area is 160 Å². The number of piperidine rings is 1. The molecule has 0 amide bonds. The summed E-state index contributed by atoms with van der Waals surface area (Å²) in [7, 11) is 2.22. The zero-order chi connectivity index (χ0) is 17.9. The van der Waals surface area contributed by atoms with Gasteiger partial charge in [-0.2, -0.15) is 0 Å². The number of fused-ring (bicyclic) bond motifs is 1. The van der Waals surface area contributed by atoms with Gasteiger partial charge < -0.3 is 14.9 Å². The Morgan fingerprint density at radius 2 is 1.96 bits per heavy atom. The minimum absolute atomic E-state index is 0.299. The van der Waals surface area contributed by atoms with Gasteiger partial charge in [-0.25, -0.2) is 4.98 Å². The summed E-state index contributed by atoms with van der Waals surface area (Å²) in [5.74, 6) is 0.617. The van der Waals surface area contributed by atoms with Crippen molar-refractivity contribution in [1.82, 2.24) is 14.8 Å². The van der Waals surface area contributed by atoms with Crippen LogP contribution in [0, 0.1) is 5.92 Å². The lowest BCUT2D eigenvalue weighted by Gasteiger charge is -2.46. The molecule has 2 aliphatic rings. The summed E-state index contributed by atoms with van der Waals surface area (Å²) in [6.45, 7) is 7.15. The highest BCUT2D eigenvalue weighted by atomic mass is 32.1. The lowest BCUT2D eigenvalue weighted by atomic mass is 9.87. The third-order valence-corrected chi connectivity index (χ3v) is 7.08. The van der Waals surface area contributed by atoms with E-state index < -0.39 is 0 Å². The van der Waals surface area contributed by atoms with E-state index >= 15 is 0 Å². The van der Waals surface area contributed by atoms with E-state index in [1.165, 1.54) is 37.3 Å². The number of aliphatic hydroxyl groups excluding tert-OH is 1. The van der Waals surface area contributed by atoms with Crippen LogP contribution in [0.4, 0.5) is 5.13 Å². The van der Waals surface area contributed by atoms with Crippen molar-refractivity contribution in [3.63, 3.8) is 0 Å². The number of anilines is 1. The quantitative estimate of drug-likeness (QED) is 0.871. The number of hydrogen-bond acceptors (Lipinski definition) is 6. The van der Waals surface area contributed by atoms with E-state index in [-0.39, 0.29) is 0 Å². The van der Waals surface area contributed by atoms with Crippen LogP contribution in [-0.2, 0) is 0 Å². The molecule has 2 aromatic rings. The monoisotopic (exact) mass is 374 g/mol. The summed E-state index contributed by atoms with van der Waals surface area (Å²) in [5.41, 5.74) is 1.11. The average molecular weight is 375 g/mol. The summed E-state index contributed by atoms with van der Waals surface area (Å²) in [6.07, 6.45) is 3.22. The van der Waals surface area contributed by atoms with Crippen molar-refractivity contribution in [2.45, 2.75) is 25.3 Å². The SMILES string of the molecule is CN1CCN([C@@H]2CCN(c3nc4ccccc4s3)C[C@@H]2CCCO)CC1. The van der Waals surface area contributed by atoms with E-state index in [9.17, 15) is 5.11 Å². The van der Waals surface area contributed by atoms with Crippen LogP contribution in [0.15, 0.2) is 24.3 Å². The van der Waals surface area contributed by atoms with Crippen LogP contribution in [0.3, 0.4) is 0 Å². The molecule has 1 aromatic carbocycles. The van der Waals surface area contributed by atoms with Crippen LogP contribution in [-0.4, -0.2) is 78.9 Å². The van der Waals surface area contributed by atoms with Crippen LogP contribution in [0.2, 0.25) is 0 Å². The second-order valence-corrected chi connectivity index (χ2v) is 8.74. The predicted molar refractivity (Wildman–Crippen MR) is 109 cm³/mol. The first-order valence-corrected chi connectivity index (χ1v) is 10.7. The second-order valence-electron chi connectivity index (χ2n) is 7.73. The smallest absolute Gasteiger partial charge is 0.186 e. The van der Waals surface area contributed by atoms with Gasteiger partial charge in [0.1, 0.15) is 0 Å². The predicted octanol–water partition coefficient (Wildman–Crippen LogP) is 2.51. The number of aromatic nitrogens is 1. The maximum Gasteiger partial charge on any atom is 0.186 e. The Kier molecular flexibility index (Phi) is 5.74. The summed E-state index contributed by atoms with van der Waals surface area (Å²) in [5, 5.41) is 10.5. The van der Waals surface area contributed by atoms with E-state index in [1.54, 1.807) is 0 Å². The van der Waals surface area contributed by atoms with Gasteiger partial charge in [-0.05, 0) is 44.4 Å². The first kappa shape index (κ1) is 18.2. The molecule has 4 rings (SSSR count). The van der Waals surface area contributed by atoms with Crippen molar-refractivity contribution in [1.29, 1.82) is 0 Å². The number of benzene rings is 1. The maximum atomic E-state index is 9.36. The lowest BCUT2D eigenvalue weighted by Crippen LogP contribution is -2.56. The number of aliphatic hydroxyl groups is 1. The number of thiazole rings is 1.